The van der Waals surface area contributed by atoms with Gasteiger partial charge in [-0.15, -0.1) is 0 Å². The molecule has 0 unspecified atom stereocenters. The molecule has 3 rings (SSSR count). The van der Waals surface area contributed by atoms with Gasteiger partial charge in [-0.05, 0) is 25.0 Å². The van der Waals surface area contributed by atoms with Crippen LogP contribution in [-0.2, 0) is 19.4 Å². The maximum atomic E-state index is 4.73. The van der Waals surface area contributed by atoms with Gasteiger partial charge in [0.25, 0.3) is 0 Å². The number of hydrogen-bond donors (Lipinski definition) is 1. The van der Waals surface area contributed by atoms with Crippen molar-refractivity contribution < 1.29 is 0 Å². The quantitative estimate of drug-likeness (QED) is 0.914. The van der Waals surface area contributed by atoms with E-state index in [-0.39, 0.29) is 0 Å². The molecule has 0 fully saturated rings. The van der Waals surface area contributed by atoms with E-state index in [9.17, 15) is 0 Å². The number of fused-ring (bicyclic) bond motifs is 1. The molecule has 19 heavy (non-hydrogen) atoms. The fraction of sp³-hybridized carbons (Fsp3) is 0.438. The van der Waals surface area contributed by atoms with Gasteiger partial charge >= 0.3 is 0 Å². The number of aromatic nitrogens is 2. The number of nitrogens with one attached hydrogen (secondary N) is 1. The predicted octanol–water partition coefficient (Wildman–Crippen LogP) is 2.78. The highest BCUT2D eigenvalue weighted by Gasteiger charge is 2.19. The zero-order valence-corrected chi connectivity index (χ0v) is 11.7. The molecule has 1 aliphatic heterocycles. The Morgan fingerprint density at radius 1 is 1.32 bits per heavy atom. The minimum absolute atomic E-state index is 0.902. The Balaban J connectivity index is 2.14. The van der Waals surface area contributed by atoms with Crippen molar-refractivity contribution in [3.63, 3.8) is 0 Å². The lowest BCUT2D eigenvalue weighted by Gasteiger charge is -2.18. The Morgan fingerprint density at radius 3 is 3.00 bits per heavy atom. The summed E-state index contributed by atoms with van der Waals surface area (Å²) in [6, 6.07) is 8.73. The summed E-state index contributed by atoms with van der Waals surface area (Å²) < 4.78 is 2.36. The average molecular weight is 255 g/mol. The standard InChI is InChI=1S/C16H21N3/c1-3-6-13-7-4-5-8-15(13)19-12(2)18-14-11-17-10-9-16(14)19/h4-5,7-8,17H,3,6,9-11H2,1-2H3. The zero-order chi connectivity index (χ0) is 13.2. The van der Waals surface area contributed by atoms with Crippen molar-refractivity contribution in [2.75, 3.05) is 6.54 Å². The second kappa shape index (κ2) is 5.17. The first kappa shape index (κ1) is 12.4. The van der Waals surface area contributed by atoms with Crippen molar-refractivity contribution >= 4 is 0 Å². The van der Waals surface area contributed by atoms with Gasteiger partial charge in [-0.3, -0.25) is 0 Å². The molecule has 0 aliphatic carbocycles. The largest absolute Gasteiger partial charge is 0.311 e. The molecule has 1 N–H and O–H groups in total. The normalized spacial score (nSPS) is 14.4. The van der Waals surface area contributed by atoms with Crippen LogP contribution in [0.2, 0.25) is 0 Å². The van der Waals surface area contributed by atoms with E-state index in [4.69, 9.17) is 4.98 Å². The van der Waals surface area contributed by atoms with Gasteiger partial charge in [0, 0.05) is 25.2 Å². The van der Waals surface area contributed by atoms with E-state index in [1.807, 2.05) is 0 Å². The maximum Gasteiger partial charge on any atom is 0.110 e. The third-order valence-corrected chi connectivity index (χ3v) is 3.81. The van der Waals surface area contributed by atoms with E-state index < -0.39 is 0 Å². The molecule has 0 saturated heterocycles. The van der Waals surface area contributed by atoms with Crippen LogP contribution in [0.15, 0.2) is 24.3 Å². The molecule has 0 bridgehead atoms. The summed E-state index contributed by atoms with van der Waals surface area (Å²) in [5.41, 5.74) is 5.35. The number of nitrogens with zero attached hydrogens (tertiary/aromatic N) is 2. The summed E-state index contributed by atoms with van der Waals surface area (Å²) in [5, 5.41) is 3.40. The van der Waals surface area contributed by atoms with E-state index >= 15 is 0 Å². The van der Waals surface area contributed by atoms with Crippen LogP contribution in [-0.4, -0.2) is 16.1 Å². The molecule has 2 heterocycles. The van der Waals surface area contributed by atoms with E-state index in [2.05, 4.69) is 48.0 Å². The van der Waals surface area contributed by atoms with E-state index in [1.54, 1.807) is 0 Å². The molecule has 3 nitrogen and oxygen atoms in total. The lowest BCUT2D eigenvalue weighted by Crippen LogP contribution is -2.25. The van der Waals surface area contributed by atoms with Gasteiger partial charge in [0.15, 0.2) is 0 Å². The predicted molar refractivity (Wildman–Crippen MR) is 77.7 cm³/mol. The molecule has 0 radical (unpaired) electrons. The SMILES string of the molecule is CCCc1ccccc1-n1c(C)nc2c1CCNC2. The Labute approximate surface area is 114 Å². The van der Waals surface area contributed by atoms with Gasteiger partial charge in [-0.1, -0.05) is 31.5 Å². The van der Waals surface area contributed by atoms with E-state index in [0.717, 1.165) is 31.8 Å². The molecule has 1 aromatic carbocycles. The third-order valence-electron chi connectivity index (χ3n) is 3.81. The summed E-state index contributed by atoms with van der Waals surface area (Å²) in [6.07, 6.45) is 3.37. The number of hydrogen-bond acceptors (Lipinski definition) is 2. The minimum Gasteiger partial charge on any atom is -0.311 e. The fourth-order valence-corrected chi connectivity index (χ4v) is 2.97. The second-order valence-corrected chi connectivity index (χ2v) is 5.19. The topological polar surface area (TPSA) is 29.9 Å². The highest BCUT2D eigenvalue weighted by Crippen LogP contribution is 2.24. The van der Waals surface area contributed by atoms with Gasteiger partial charge < -0.3 is 9.88 Å². The lowest BCUT2D eigenvalue weighted by molar-refractivity contribution is 0.619. The summed E-state index contributed by atoms with van der Waals surface area (Å²) >= 11 is 0. The number of rotatable bonds is 3. The smallest absolute Gasteiger partial charge is 0.110 e. The molecule has 100 valence electrons. The van der Waals surface area contributed by atoms with Crippen molar-refractivity contribution in [1.29, 1.82) is 0 Å². The molecule has 2 aromatic rings. The first-order valence-corrected chi connectivity index (χ1v) is 7.17. The van der Waals surface area contributed by atoms with Gasteiger partial charge in [-0.25, -0.2) is 4.98 Å². The van der Waals surface area contributed by atoms with Crippen LogP contribution in [0.25, 0.3) is 5.69 Å². The Hall–Kier alpha value is -1.61. The Bertz CT molecular complexity index is 584. The molecule has 0 saturated carbocycles. The minimum atomic E-state index is 0.902. The molecule has 0 spiro atoms. The molecular weight excluding hydrogens is 234 g/mol. The number of benzene rings is 1. The van der Waals surface area contributed by atoms with Crippen molar-refractivity contribution in [2.24, 2.45) is 0 Å². The summed E-state index contributed by atoms with van der Waals surface area (Å²) in [6.45, 7) is 6.30. The summed E-state index contributed by atoms with van der Waals surface area (Å²) in [5.74, 6) is 1.11. The summed E-state index contributed by atoms with van der Waals surface area (Å²) in [4.78, 5) is 4.73. The Morgan fingerprint density at radius 2 is 2.16 bits per heavy atom. The summed E-state index contributed by atoms with van der Waals surface area (Å²) in [7, 11) is 0. The van der Waals surface area contributed by atoms with Crippen LogP contribution in [0.3, 0.4) is 0 Å². The van der Waals surface area contributed by atoms with E-state index in [1.165, 1.54) is 29.1 Å². The van der Waals surface area contributed by atoms with Gasteiger partial charge in [0.05, 0.1) is 11.4 Å². The lowest BCUT2D eigenvalue weighted by atomic mass is 10.1. The van der Waals surface area contributed by atoms with Crippen molar-refractivity contribution in [3.05, 3.63) is 47.0 Å². The Kier molecular flexibility index (Phi) is 3.38. The number of para-hydroxylation sites is 1. The molecule has 0 amide bonds. The number of aryl methyl sites for hydroxylation is 2. The maximum absolute atomic E-state index is 4.73. The van der Waals surface area contributed by atoms with Crippen LogP contribution in [0.4, 0.5) is 0 Å². The van der Waals surface area contributed by atoms with Crippen LogP contribution < -0.4 is 5.32 Å². The van der Waals surface area contributed by atoms with Crippen molar-refractivity contribution in [2.45, 2.75) is 39.7 Å². The molecule has 1 aliphatic rings. The highest BCUT2D eigenvalue weighted by atomic mass is 15.1. The van der Waals surface area contributed by atoms with Crippen LogP contribution in [0, 0.1) is 6.92 Å². The van der Waals surface area contributed by atoms with Crippen LogP contribution in [0.1, 0.15) is 36.1 Å². The van der Waals surface area contributed by atoms with Gasteiger partial charge in [0.2, 0.25) is 0 Å². The van der Waals surface area contributed by atoms with Crippen molar-refractivity contribution in [3.8, 4) is 5.69 Å². The third kappa shape index (κ3) is 2.19. The molecule has 1 aromatic heterocycles. The molecule has 3 heteroatoms. The first-order chi connectivity index (χ1) is 9.31. The van der Waals surface area contributed by atoms with Gasteiger partial charge in [-0.2, -0.15) is 0 Å². The van der Waals surface area contributed by atoms with Crippen LogP contribution in [0.5, 0.6) is 0 Å². The average Bonchev–Trinajstić information content (AvgIpc) is 2.76. The zero-order valence-electron chi connectivity index (χ0n) is 11.7. The van der Waals surface area contributed by atoms with Gasteiger partial charge in [0.1, 0.15) is 5.82 Å². The monoisotopic (exact) mass is 255 g/mol. The fourth-order valence-electron chi connectivity index (χ4n) is 2.97. The highest BCUT2D eigenvalue weighted by molar-refractivity contribution is 5.45. The molecular formula is C16H21N3. The molecule has 0 atom stereocenters. The second-order valence-electron chi connectivity index (χ2n) is 5.19. The van der Waals surface area contributed by atoms with Crippen molar-refractivity contribution in [1.82, 2.24) is 14.9 Å². The van der Waals surface area contributed by atoms with E-state index in [0.29, 0.717) is 0 Å². The van der Waals surface area contributed by atoms with Crippen LogP contribution >= 0.6 is 0 Å². The first-order valence-electron chi connectivity index (χ1n) is 7.17. The number of imidazole rings is 1.